The predicted molar refractivity (Wildman–Crippen MR) is 72.3 cm³/mol. The molecule has 0 spiro atoms. The van der Waals surface area contributed by atoms with E-state index in [1.807, 2.05) is 0 Å². The molecule has 2 fully saturated rings. The molecular formula is C13H23NO4S. The van der Waals surface area contributed by atoms with Gasteiger partial charge in [0.25, 0.3) is 0 Å². The average Bonchev–Trinajstić information content (AvgIpc) is 2.25. The maximum atomic E-state index is 12.2. The van der Waals surface area contributed by atoms with Crippen LogP contribution in [0.3, 0.4) is 0 Å². The van der Waals surface area contributed by atoms with Crippen LogP contribution in [0.1, 0.15) is 57.8 Å². The summed E-state index contributed by atoms with van der Waals surface area (Å²) < 4.78 is 27.0. The maximum absolute atomic E-state index is 12.2. The number of nitrogens with one attached hydrogen (secondary N) is 1. The van der Waals surface area contributed by atoms with Crippen molar-refractivity contribution in [3.05, 3.63) is 0 Å². The van der Waals surface area contributed by atoms with Gasteiger partial charge in [0.05, 0.1) is 12.2 Å². The molecule has 0 aromatic rings. The summed E-state index contributed by atoms with van der Waals surface area (Å²) in [6.07, 6.45) is 7.47. The Morgan fingerprint density at radius 3 is 2.26 bits per heavy atom. The fourth-order valence-electron chi connectivity index (χ4n) is 3.24. The van der Waals surface area contributed by atoms with Crippen LogP contribution in [0.25, 0.3) is 0 Å². The molecule has 2 saturated carbocycles. The van der Waals surface area contributed by atoms with Crippen LogP contribution in [0, 0.1) is 5.92 Å². The maximum Gasteiger partial charge on any atom is 0.305 e. The lowest BCUT2D eigenvalue weighted by atomic mass is 9.75. The fraction of sp³-hybridized carbons (Fsp3) is 0.923. The van der Waals surface area contributed by atoms with Gasteiger partial charge in [0.1, 0.15) is 0 Å². The largest absolute Gasteiger partial charge is 0.481 e. The molecule has 0 radical (unpaired) electrons. The molecule has 2 aliphatic rings. The predicted octanol–water partition coefficient (Wildman–Crippen LogP) is 1.88. The van der Waals surface area contributed by atoms with Gasteiger partial charge in [0.15, 0.2) is 0 Å². The van der Waals surface area contributed by atoms with E-state index in [2.05, 4.69) is 4.72 Å². The number of carboxylic acids is 1. The van der Waals surface area contributed by atoms with Crippen molar-refractivity contribution >= 4 is 16.0 Å². The molecule has 19 heavy (non-hydrogen) atoms. The molecule has 0 atom stereocenters. The van der Waals surface area contributed by atoms with Gasteiger partial charge in [-0.3, -0.25) is 4.79 Å². The van der Waals surface area contributed by atoms with Gasteiger partial charge in [0, 0.05) is 5.54 Å². The van der Waals surface area contributed by atoms with Gasteiger partial charge in [-0.2, -0.15) is 0 Å². The van der Waals surface area contributed by atoms with Crippen LogP contribution < -0.4 is 4.72 Å². The van der Waals surface area contributed by atoms with E-state index < -0.39 is 21.5 Å². The van der Waals surface area contributed by atoms with Crippen LogP contribution in [-0.2, 0) is 14.8 Å². The van der Waals surface area contributed by atoms with Crippen LogP contribution in [0.4, 0.5) is 0 Å². The molecule has 0 unspecified atom stereocenters. The minimum absolute atomic E-state index is 0.100. The molecule has 0 amide bonds. The van der Waals surface area contributed by atoms with Gasteiger partial charge in [-0.25, -0.2) is 13.1 Å². The average molecular weight is 289 g/mol. The quantitative estimate of drug-likeness (QED) is 0.782. The number of hydrogen-bond donors (Lipinski definition) is 2. The zero-order valence-electron chi connectivity index (χ0n) is 11.2. The van der Waals surface area contributed by atoms with Gasteiger partial charge >= 0.3 is 5.97 Å². The van der Waals surface area contributed by atoms with Crippen molar-refractivity contribution < 1.29 is 18.3 Å². The van der Waals surface area contributed by atoms with Crippen LogP contribution in [0.2, 0.25) is 0 Å². The Hall–Kier alpha value is -0.620. The number of aliphatic carboxylic acids is 1. The molecule has 0 aromatic heterocycles. The second-order valence-corrected chi connectivity index (χ2v) is 7.86. The molecular weight excluding hydrogens is 266 g/mol. The molecule has 0 bridgehead atoms. The van der Waals surface area contributed by atoms with Crippen LogP contribution >= 0.6 is 0 Å². The van der Waals surface area contributed by atoms with E-state index >= 15 is 0 Å². The second-order valence-electron chi connectivity index (χ2n) is 6.09. The topological polar surface area (TPSA) is 83.5 Å². The highest BCUT2D eigenvalue weighted by Gasteiger charge is 2.42. The van der Waals surface area contributed by atoms with Crippen LogP contribution in [0.5, 0.6) is 0 Å². The van der Waals surface area contributed by atoms with Crippen molar-refractivity contribution in [2.24, 2.45) is 5.92 Å². The fourth-order valence-corrected chi connectivity index (χ4v) is 5.22. The molecule has 110 valence electrons. The lowest BCUT2D eigenvalue weighted by molar-refractivity contribution is -0.139. The first-order valence-electron chi connectivity index (χ1n) is 7.14. The van der Waals surface area contributed by atoms with E-state index in [0.29, 0.717) is 12.8 Å². The summed E-state index contributed by atoms with van der Waals surface area (Å²) in [5.74, 6) is -0.526. The van der Waals surface area contributed by atoms with Crippen LogP contribution in [-0.4, -0.2) is 30.8 Å². The van der Waals surface area contributed by atoms with Gasteiger partial charge < -0.3 is 5.11 Å². The summed E-state index contributed by atoms with van der Waals surface area (Å²) in [4.78, 5) is 10.8. The highest BCUT2D eigenvalue weighted by Crippen LogP contribution is 2.36. The number of rotatable bonds is 6. The second kappa shape index (κ2) is 5.79. The smallest absolute Gasteiger partial charge is 0.305 e. The first-order valence-corrected chi connectivity index (χ1v) is 8.80. The molecule has 5 nitrogen and oxygen atoms in total. The highest BCUT2D eigenvalue weighted by molar-refractivity contribution is 7.89. The summed E-state index contributed by atoms with van der Waals surface area (Å²) in [7, 11) is -3.36. The first kappa shape index (κ1) is 14.8. The first-order chi connectivity index (χ1) is 8.91. The molecule has 0 saturated heterocycles. The Bertz CT molecular complexity index is 422. The van der Waals surface area contributed by atoms with Gasteiger partial charge in [-0.05, 0) is 38.0 Å². The minimum Gasteiger partial charge on any atom is -0.481 e. The lowest BCUT2D eigenvalue weighted by Gasteiger charge is -2.41. The third kappa shape index (κ3) is 4.18. The SMILES string of the molecule is O=C(O)CC1(NS(=O)(=O)CC2CCCCC2)CCC1. The normalized spacial score (nSPS) is 23.8. The van der Waals surface area contributed by atoms with Gasteiger partial charge in [-0.15, -0.1) is 0 Å². The molecule has 2 rings (SSSR count). The van der Waals surface area contributed by atoms with E-state index in [9.17, 15) is 13.2 Å². The highest BCUT2D eigenvalue weighted by atomic mass is 32.2. The van der Waals surface area contributed by atoms with Crippen molar-refractivity contribution in [1.82, 2.24) is 4.72 Å². The summed E-state index contributed by atoms with van der Waals surface area (Å²) in [6.45, 7) is 0. The van der Waals surface area contributed by atoms with Crippen molar-refractivity contribution in [3.8, 4) is 0 Å². The van der Waals surface area contributed by atoms with Crippen molar-refractivity contribution in [2.75, 3.05) is 5.75 Å². The summed E-state index contributed by atoms with van der Waals surface area (Å²) in [5.41, 5.74) is -0.709. The molecule has 6 heteroatoms. The standard InChI is InChI=1S/C13H23NO4S/c15-12(16)9-13(7-4-8-13)14-19(17,18)10-11-5-2-1-3-6-11/h11,14H,1-10H2,(H,15,16). The Balaban J connectivity index is 1.93. The van der Waals surface area contributed by atoms with E-state index in [-0.39, 0.29) is 18.1 Å². The number of carbonyl (C=O) groups is 1. The summed E-state index contributed by atoms with van der Waals surface area (Å²) in [6, 6.07) is 0. The molecule has 2 aliphatic carbocycles. The Morgan fingerprint density at radius 1 is 1.16 bits per heavy atom. The number of hydrogen-bond acceptors (Lipinski definition) is 3. The third-order valence-electron chi connectivity index (χ3n) is 4.35. The molecule has 0 aromatic carbocycles. The van der Waals surface area contributed by atoms with Gasteiger partial charge in [-0.1, -0.05) is 19.3 Å². The Kier molecular flexibility index (Phi) is 4.50. The third-order valence-corrected chi connectivity index (χ3v) is 6.01. The minimum atomic E-state index is -3.36. The van der Waals surface area contributed by atoms with Crippen molar-refractivity contribution in [3.63, 3.8) is 0 Å². The molecule has 0 aliphatic heterocycles. The van der Waals surface area contributed by atoms with E-state index in [0.717, 1.165) is 32.1 Å². The van der Waals surface area contributed by atoms with Crippen LogP contribution in [0.15, 0.2) is 0 Å². The summed E-state index contributed by atoms with van der Waals surface area (Å²) >= 11 is 0. The monoisotopic (exact) mass is 289 g/mol. The van der Waals surface area contributed by atoms with E-state index in [1.54, 1.807) is 0 Å². The van der Waals surface area contributed by atoms with E-state index in [4.69, 9.17) is 5.11 Å². The molecule has 2 N–H and O–H groups in total. The van der Waals surface area contributed by atoms with Gasteiger partial charge in [0.2, 0.25) is 10.0 Å². The summed E-state index contributed by atoms with van der Waals surface area (Å²) in [5, 5.41) is 8.90. The number of carboxylic acid groups (broad SMARTS) is 1. The zero-order chi connectivity index (χ0) is 13.9. The molecule has 0 heterocycles. The van der Waals surface area contributed by atoms with Crippen molar-refractivity contribution in [2.45, 2.75) is 63.3 Å². The van der Waals surface area contributed by atoms with Crippen molar-refractivity contribution in [1.29, 1.82) is 0 Å². The Labute approximate surface area is 114 Å². The van der Waals surface area contributed by atoms with E-state index in [1.165, 1.54) is 6.42 Å². The lowest BCUT2D eigenvalue weighted by Crippen LogP contribution is -2.55. The Morgan fingerprint density at radius 2 is 1.79 bits per heavy atom. The zero-order valence-corrected chi connectivity index (χ0v) is 12.0. The number of sulfonamides is 1.